The maximum Gasteiger partial charge on any atom is 0.421 e. The number of sulfonamides is 1. The molecule has 11 heteroatoms. The van der Waals surface area contributed by atoms with Crippen molar-refractivity contribution in [2.45, 2.75) is 51.1 Å². The number of halogens is 3. The fourth-order valence-corrected chi connectivity index (χ4v) is 6.04. The van der Waals surface area contributed by atoms with Crippen LogP contribution in [0.1, 0.15) is 32.8 Å². The maximum atomic E-state index is 13.3. The van der Waals surface area contributed by atoms with Gasteiger partial charge in [-0.25, -0.2) is 8.42 Å². The van der Waals surface area contributed by atoms with E-state index >= 15 is 0 Å². The second kappa shape index (κ2) is 10.1. The zero-order valence-corrected chi connectivity index (χ0v) is 21.0. The summed E-state index contributed by atoms with van der Waals surface area (Å²) in [5, 5.41) is 13.3. The van der Waals surface area contributed by atoms with Crippen LogP contribution in [0.15, 0.2) is 47.4 Å². The summed E-state index contributed by atoms with van der Waals surface area (Å²) >= 11 is 5.28. The minimum absolute atomic E-state index is 0.146. The molecule has 1 aliphatic heterocycles. The molecule has 2 atom stereocenters. The average molecular weight is 518 g/mol. The van der Waals surface area contributed by atoms with Gasteiger partial charge in [0, 0.05) is 49.2 Å². The molecule has 0 amide bonds. The van der Waals surface area contributed by atoms with Crippen LogP contribution in [-0.4, -0.2) is 67.1 Å². The molecule has 0 bridgehead atoms. The van der Waals surface area contributed by atoms with Gasteiger partial charge >= 0.3 is 6.18 Å². The predicted octanol–water partition coefficient (Wildman–Crippen LogP) is 3.49. The number of nitrogens with zero attached hydrogens (tertiary/aromatic N) is 2. The minimum atomic E-state index is -4.80. The number of aliphatic hydroxyl groups is 1. The molecule has 1 heterocycles. The number of hydrogen-bond acceptors (Lipinski definition) is 6. The molecule has 0 radical (unpaired) electrons. The van der Waals surface area contributed by atoms with E-state index in [1.807, 2.05) is 24.8 Å². The molecule has 0 spiro atoms. The number of rotatable bonds is 7. The Morgan fingerprint density at radius 3 is 2.41 bits per heavy atom. The first kappa shape index (κ1) is 26.8. The van der Waals surface area contributed by atoms with Crippen molar-refractivity contribution in [3.05, 3.63) is 53.0 Å². The Bertz CT molecular complexity index is 1070. The summed E-state index contributed by atoms with van der Waals surface area (Å²) in [4.78, 5) is 2.52. The third-order valence-electron chi connectivity index (χ3n) is 6.10. The normalized spacial score (nSPS) is 22.1. The summed E-state index contributed by atoms with van der Waals surface area (Å²) in [5.41, 5.74) is -2.56. The molecular weight excluding hydrogens is 487 g/mol. The fraction of sp³-hybridized carbons (Fsp3) is 0.522. The van der Waals surface area contributed by atoms with E-state index in [2.05, 4.69) is 5.32 Å². The van der Waals surface area contributed by atoms with Crippen LogP contribution >= 0.6 is 12.2 Å². The first-order chi connectivity index (χ1) is 15.7. The van der Waals surface area contributed by atoms with Gasteiger partial charge in [0.25, 0.3) is 0 Å². The smallest absolute Gasteiger partial charge is 0.376 e. The van der Waals surface area contributed by atoms with Crippen molar-refractivity contribution in [3.63, 3.8) is 0 Å². The number of piperazine rings is 1. The van der Waals surface area contributed by atoms with Crippen molar-refractivity contribution in [2.24, 2.45) is 0 Å². The van der Waals surface area contributed by atoms with E-state index in [4.69, 9.17) is 12.2 Å². The Hall–Kier alpha value is -1.79. The molecule has 1 unspecified atom stereocenters. The summed E-state index contributed by atoms with van der Waals surface area (Å²) in [6.07, 6.45) is 0.636. The minimum Gasteiger partial charge on any atom is -0.376 e. The standard InChI is InChI=1S/C23H30F3N3O3S2/c1-16(2)27-14-19-15-28(34(31,32)21-7-5-4-6-20(21)33)12-13-29(19)18-10-8-17(9-11-18)22(3,30)23(24,25)26/h4-5,7-11,16,19,27,30H,6,12-15H2,1-3H3/t19-,22?/m0/s1. The summed E-state index contributed by atoms with van der Waals surface area (Å²) in [7, 11) is -3.76. The van der Waals surface area contributed by atoms with Gasteiger partial charge in [0.05, 0.1) is 10.9 Å². The first-order valence-electron chi connectivity index (χ1n) is 11.0. The van der Waals surface area contributed by atoms with Crippen molar-refractivity contribution in [1.82, 2.24) is 9.62 Å². The van der Waals surface area contributed by atoms with Crippen LogP contribution in [0.3, 0.4) is 0 Å². The maximum absolute atomic E-state index is 13.3. The van der Waals surface area contributed by atoms with E-state index in [1.165, 1.54) is 34.6 Å². The summed E-state index contributed by atoms with van der Waals surface area (Å²) in [5.74, 6) is 0. The van der Waals surface area contributed by atoms with Crippen molar-refractivity contribution >= 4 is 32.8 Å². The van der Waals surface area contributed by atoms with Crippen LogP contribution < -0.4 is 10.2 Å². The van der Waals surface area contributed by atoms with Crippen LogP contribution in [-0.2, 0) is 15.6 Å². The Balaban J connectivity index is 1.85. The van der Waals surface area contributed by atoms with Crippen molar-refractivity contribution in [2.75, 3.05) is 31.1 Å². The molecule has 6 nitrogen and oxygen atoms in total. The van der Waals surface area contributed by atoms with Crippen molar-refractivity contribution in [1.29, 1.82) is 0 Å². The molecule has 2 aliphatic rings. The number of allylic oxidation sites excluding steroid dienone is 4. The summed E-state index contributed by atoms with van der Waals surface area (Å²) < 4.78 is 67.6. The van der Waals surface area contributed by atoms with Gasteiger partial charge in [-0.3, -0.25) is 0 Å². The van der Waals surface area contributed by atoms with E-state index in [0.29, 0.717) is 30.1 Å². The quantitative estimate of drug-likeness (QED) is 0.540. The summed E-state index contributed by atoms with van der Waals surface area (Å²) in [6, 6.07) is 5.50. The van der Waals surface area contributed by atoms with Crippen molar-refractivity contribution in [3.8, 4) is 0 Å². The molecule has 34 heavy (non-hydrogen) atoms. The molecule has 1 aromatic rings. The molecule has 1 aromatic carbocycles. The number of thiocarbonyl (C=S) groups is 1. The molecule has 1 fully saturated rings. The van der Waals surface area contributed by atoms with Gasteiger partial charge in [-0.2, -0.15) is 17.5 Å². The Labute approximate surface area is 204 Å². The number of nitrogens with one attached hydrogen (secondary N) is 1. The summed E-state index contributed by atoms with van der Waals surface area (Å²) in [6.45, 7) is 5.94. The molecule has 1 aliphatic carbocycles. The average Bonchev–Trinajstić information content (AvgIpc) is 2.77. The second-order valence-electron chi connectivity index (χ2n) is 8.98. The van der Waals surface area contributed by atoms with Gasteiger partial charge in [-0.05, 0) is 30.7 Å². The molecule has 0 aromatic heterocycles. The highest BCUT2D eigenvalue weighted by Gasteiger charge is 2.51. The lowest BCUT2D eigenvalue weighted by Gasteiger charge is -2.43. The lowest BCUT2D eigenvalue weighted by molar-refractivity contribution is -0.258. The van der Waals surface area contributed by atoms with Gasteiger partial charge in [-0.1, -0.05) is 50.4 Å². The highest BCUT2D eigenvalue weighted by molar-refractivity contribution is 7.96. The van der Waals surface area contributed by atoms with E-state index < -0.39 is 21.8 Å². The highest BCUT2D eigenvalue weighted by atomic mass is 32.2. The van der Waals surface area contributed by atoms with Gasteiger partial charge in [0.1, 0.15) is 0 Å². The lowest BCUT2D eigenvalue weighted by Crippen LogP contribution is -2.58. The number of benzene rings is 1. The number of alkyl halides is 3. The van der Waals surface area contributed by atoms with Crippen LogP contribution in [0.5, 0.6) is 0 Å². The third-order valence-corrected chi connectivity index (χ3v) is 8.57. The van der Waals surface area contributed by atoms with Crippen molar-refractivity contribution < 1.29 is 26.7 Å². The third kappa shape index (κ3) is 5.54. The van der Waals surface area contributed by atoms with Crippen LogP contribution in [0, 0.1) is 0 Å². The fourth-order valence-electron chi connectivity index (χ4n) is 3.97. The van der Waals surface area contributed by atoms with Crippen LogP contribution in [0.4, 0.5) is 18.9 Å². The molecule has 188 valence electrons. The Morgan fingerprint density at radius 1 is 1.21 bits per heavy atom. The molecule has 0 saturated carbocycles. The Kier molecular flexibility index (Phi) is 7.93. The van der Waals surface area contributed by atoms with Gasteiger partial charge in [-0.15, -0.1) is 0 Å². The van der Waals surface area contributed by atoms with E-state index in [9.17, 15) is 26.7 Å². The molecule has 2 N–H and O–H groups in total. The zero-order valence-electron chi connectivity index (χ0n) is 19.3. The molecular formula is C23H30F3N3O3S2. The first-order valence-corrected chi connectivity index (χ1v) is 12.9. The van der Waals surface area contributed by atoms with E-state index in [0.717, 1.165) is 6.92 Å². The van der Waals surface area contributed by atoms with Gasteiger partial charge in [0.15, 0.2) is 5.60 Å². The molecule has 1 saturated heterocycles. The van der Waals surface area contributed by atoms with Crippen LogP contribution in [0.2, 0.25) is 0 Å². The van der Waals surface area contributed by atoms with Crippen LogP contribution in [0.25, 0.3) is 0 Å². The Morgan fingerprint density at radius 2 is 1.85 bits per heavy atom. The van der Waals surface area contributed by atoms with Gasteiger partial charge < -0.3 is 15.3 Å². The zero-order chi connectivity index (χ0) is 25.3. The van der Waals surface area contributed by atoms with Gasteiger partial charge in [0.2, 0.25) is 10.0 Å². The van der Waals surface area contributed by atoms with E-state index in [1.54, 1.807) is 6.08 Å². The second-order valence-corrected chi connectivity index (χ2v) is 11.4. The van der Waals surface area contributed by atoms with E-state index in [-0.39, 0.29) is 35.6 Å². The highest BCUT2D eigenvalue weighted by Crippen LogP contribution is 2.39. The lowest BCUT2D eigenvalue weighted by atomic mass is 9.95. The largest absolute Gasteiger partial charge is 0.421 e. The topological polar surface area (TPSA) is 72.9 Å². The SMILES string of the molecule is CC(C)NC[C@H]1CN(S(=O)(=O)C2=CC=CCC2=S)CCN1c1ccc(C(C)(O)C(F)(F)F)cc1. The predicted molar refractivity (Wildman–Crippen MR) is 131 cm³/mol. The molecule has 3 rings (SSSR count). The number of anilines is 1. The number of hydrogen-bond donors (Lipinski definition) is 2. The monoisotopic (exact) mass is 517 g/mol.